The predicted octanol–water partition coefficient (Wildman–Crippen LogP) is 4.19. The van der Waals surface area contributed by atoms with Crippen molar-refractivity contribution in [1.82, 2.24) is 4.98 Å². The summed E-state index contributed by atoms with van der Waals surface area (Å²) in [6.45, 7) is 2.04. The van der Waals surface area contributed by atoms with Gasteiger partial charge in [-0.1, -0.05) is 36.4 Å². The van der Waals surface area contributed by atoms with Crippen molar-refractivity contribution in [2.24, 2.45) is 0 Å². The summed E-state index contributed by atoms with van der Waals surface area (Å²) in [7, 11) is 1.63. The number of nitrogens with zero attached hydrogens (tertiary/aromatic N) is 1. The maximum atomic E-state index is 12.1. The van der Waals surface area contributed by atoms with Crippen LogP contribution in [0.4, 0.5) is 0 Å². The SMILES string of the molecule is CCOC(=O)c1ncoc1-c1ccccc1-c1ccc(OC)cc1. The normalized spacial score (nSPS) is 10.4. The molecule has 0 aliphatic rings. The molecule has 0 saturated carbocycles. The van der Waals surface area contributed by atoms with Gasteiger partial charge in [-0.25, -0.2) is 9.78 Å². The van der Waals surface area contributed by atoms with E-state index in [9.17, 15) is 4.79 Å². The number of ether oxygens (including phenoxy) is 2. The quantitative estimate of drug-likeness (QED) is 0.659. The first-order valence-corrected chi connectivity index (χ1v) is 7.59. The number of hydrogen-bond acceptors (Lipinski definition) is 5. The van der Waals surface area contributed by atoms with Gasteiger partial charge < -0.3 is 13.9 Å². The number of oxazole rings is 1. The molecule has 0 fully saturated rings. The Morgan fingerprint density at radius 2 is 1.79 bits per heavy atom. The average molecular weight is 323 g/mol. The third-order valence-electron chi connectivity index (χ3n) is 3.61. The highest BCUT2D eigenvalue weighted by molar-refractivity contribution is 5.96. The van der Waals surface area contributed by atoms with Gasteiger partial charge in [-0.15, -0.1) is 0 Å². The summed E-state index contributed by atoms with van der Waals surface area (Å²) in [4.78, 5) is 16.1. The van der Waals surface area contributed by atoms with Crippen LogP contribution in [0, 0.1) is 0 Å². The Morgan fingerprint density at radius 3 is 2.46 bits per heavy atom. The first kappa shape index (κ1) is 15.8. The molecule has 5 nitrogen and oxygen atoms in total. The second kappa shape index (κ2) is 7.00. The maximum absolute atomic E-state index is 12.1. The fraction of sp³-hybridized carbons (Fsp3) is 0.158. The van der Waals surface area contributed by atoms with Crippen molar-refractivity contribution >= 4 is 5.97 Å². The van der Waals surface area contributed by atoms with E-state index in [0.717, 1.165) is 22.4 Å². The topological polar surface area (TPSA) is 61.6 Å². The van der Waals surface area contributed by atoms with Crippen LogP contribution >= 0.6 is 0 Å². The van der Waals surface area contributed by atoms with Crippen LogP contribution in [0.15, 0.2) is 59.3 Å². The Balaban J connectivity index is 2.07. The van der Waals surface area contributed by atoms with Crippen LogP contribution in [-0.4, -0.2) is 24.7 Å². The van der Waals surface area contributed by atoms with Crippen LogP contribution in [-0.2, 0) is 4.74 Å². The van der Waals surface area contributed by atoms with Gasteiger partial charge in [0.1, 0.15) is 5.75 Å². The number of hydrogen-bond donors (Lipinski definition) is 0. The molecule has 0 amide bonds. The van der Waals surface area contributed by atoms with E-state index in [4.69, 9.17) is 13.9 Å². The van der Waals surface area contributed by atoms with E-state index in [1.54, 1.807) is 14.0 Å². The number of benzene rings is 2. The summed E-state index contributed by atoms with van der Waals surface area (Å²) in [6.07, 6.45) is 1.26. The molecule has 0 atom stereocenters. The molecule has 0 saturated heterocycles. The number of carbonyl (C=O) groups is 1. The molecule has 5 heteroatoms. The fourth-order valence-corrected chi connectivity index (χ4v) is 2.49. The average Bonchev–Trinajstić information content (AvgIpc) is 3.12. The maximum Gasteiger partial charge on any atom is 0.360 e. The van der Waals surface area contributed by atoms with Gasteiger partial charge >= 0.3 is 5.97 Å². The first-order chi connectivity index (χ1) is 11.7. The molecule has 0 bridgehead atoms. The summed E-state index contributed by atoms with van der Waals surface area (Å²) in [5.41, 5.74) is 2.88. The molecule has 0 aliphatic heterocycles. The zero-order valence-electron chi connectivity index (χ0n) is 13.5. The summed E-state index contributed by atoms with van der Waals surface area (Å²) in [5.74, 6) is 0.689. The zero-order chi connectivity index (χ0) is 16.9. The lowest BCUT2D eigenvalue weighted by Gasteiger charge is -2.09. The lowest BCUT2D eigenvalue weighted by molar-refractivity contribution is 0.0520. The molecule has 0 N–H and O–H groups in total. The summed E-state index contributed by atoms with van der Waals surface area (Å²) < 4.78 is 15.7. The fourth-order valence-electron chi connectivity index (χ4n) is 2.49. The summed E-state index contributed by atoms with van der Waals surface area (Å²) in [6, 6.07) is 15.4. The molecule has 3 aromatic rings. The van der Waals surface area contributed by atoms with Crippen molar-refractivity contribution in [2.45, 2.75) is 6.92 Å². The third-order valence-corrected chi connectivity index (χ3v) is 3.61. The van der Waals surface area contributed by atoms with E-state index in [2.05, 4.69) is 4.98 Å². The Kier molecular flexibility index (Phi) is 4.61. The van der Waals surface area contributed by atoms with Gasteiger partial charge in [-0.05, 0) is 30.2 Å². The smallest absolute Gasteiger partial charge is 0.360 e. The highest BCUT2D eigenvalue weighted by atomic mass is 16.5. The van der Waals surface area contributed by atoms with Crippen LogP contribution in [0.25, 0.3) is 22.5 Å². The van der Waals surface area contributed by atoms with Crippen molar-refractivity contribution in [3.8, 4) is 28.2 Å². The standard InChI is InChI=1S/C19H17NO4/c1-3-23-19(21)17-18(24-12-20-17)16-7-5-4-6-15(16)13-8-10-14(22-2)11-9-13/h4-12H,3H2,1-2H3. The monoisotopic (exact) mass is 323 g/mol. The van der Waals surface area contributed by atoms with Crippen LogP contribution in [0.2, 0.25) is 0 Å². The van der Waals surface area contributed by atoms with Crippen molar-refractivity contribution in [2.75, 3.05) is 13.7 Å². The molecule has 24 heavy (non-hydrogen) atoms. The third kappa shape index (κ3) is 3.01. The molecule has 2 aromatic carbocycles. The van der Waals surface area contributed by atoms with Crippen molar-refractivity contribution < 1.29 is 18.7 Å². The van der Waals surface area contributed by atoms with Gasteiger partial charge in [0.05, 0.1) is 13.7 Å². The van der Waals surface area contributed by atoms with Gasteiger partial charge in [0, 0.05) is 5.56 Å². The van der Waals surface area contributed by atoms with E-state index in [-0.39, 0.29) is 12.3 Å². The van der Waals surface area contributed by atoms with E-state index in [1.165, 1.54) is 6.39 Å². The van der Waals surface area contributed by atoms with E-state index in [0.29, 0.717) is 5.76 Å². The van der Waals surface area contributed by atoms with E-state index < -0.39 is 5.97 Å². The molecular weight excluding hydrogens is 306 g/mol. The van der Waals surface area contributed by atoms with Crippen molar-refractivity contribution in [3.63, 3.8) is 0 Å². The van der Waals surface area contributed by atoms with Gasteiger partial charge in [-0.2, -0.15) is 0 Å². The molecule has 0 spiro atoms. The van der Waals surface area contributed by atoms with Crippen LogP contribution < -0.4 is 4.74 Å². The van der Waals surface area contributed by atoms with Gasteiger partial charge in [0.25, 0.3) is 0 Å². The highest BCUT2D eigenvalue weighted by Gasteiger charge is 2.21. The first-order valence-electron chi connectivity index (χ1n) is 7.59. The van der Waals surface area contributed by atoms with E-state index in [1.807, 2.05) is 48.5 Å². The van der Waals surface area contributed by atoms with E-state index >= 15 is 0 Å². The van der Waals surface area contributed by atoms with Gasteiger partial charge in [-0.3, -0.25) is 0 Å². The van der Waals surface area contributed by atoms with Crippen LogP contribution in [0.3, 0.4) is 0 Å². The molecule has 0 aliphatic carbocycles. The zero-order valence-corrected chi connectivity index (χ0v) is 13.5. The summed E-state index contributed by atoms with van der Waals surface area (Å²) in [5, 5.41) is 0. The second-order valence-corrected chi connectivity index (χ2v) is 5.02. The van der Waals surface area contributed by atoms with Crippen molar-refractivity contribution in [3.05, 3.63) is 60.6 Å². The molecule has 122 valence electrons. The molecule has 0 unspecified atom stereocenters. The molecule has 1 heterocycles. The largest absolute Gasteiger partial charge is 0.497 e. The molecule has 3 rings (SSSR count). The summed E-state index contributed by atoms with van der Waals surface area (Å²) >= 11 is 0. The highest BCUT2D eigenvalue weighted by Crippen LogP contribution is 2.34. The Bertz CT molecular complexity index is 837. The molecule has 0 radical (unpaired) electrons. The van der Waals surface area contributed by atoms with Crippen LogP contribution in [0.1, 0.15) is 17.4 Å². The number of carbonyl (C=O) groups excluding carboxylic acids is 1. The number of rotatable bonds is 5. The predicted molar refractivity (Wildman–Crippen MR) is 89.9 cm³/mol. The van der Waals surface area contributed by atoms with Gasteiger partial charge in [0.2, 0.25) is 0 Å². The number of esters is 1. The van der Waals surface area contributed by atoms with Crippen molar-refractivity contribution in [1.29, 1.82) is 0 Å². The minimum Gasteiger partial charge on any atom is -0.497 e. The Morgan fingerprint density at radius 1 is 1.08 bits per heavy atom. The molecular formula is C19H17NO4. The van der Waals surface area contributed by atoms with Crippen LogP contribution in [0.5, 0.6) is 5.75 Å². The number of aromatic nitrogens is 1. The Labute approximate surface area is 139 Å². The lowest BCUT2D eigenvalue weighted by Crippen LogP contribution is -2.06. The minimum absolute atomic E-state index is 0.179. The Hall–Kier alpha value is -3.08. The minimum atomic E-state index is -0.495. The lowest BCUT2D eigenvalue weighted by atomic mass is 9.97. The number of methoxy groups -OCH3 is 1. The second-order valence-electron chi connectivity index (χ2n) is 5.02. The molecule has 1 aromatic heterocycles. The van der Waals surface area contributed by atoms with Gasteiger partial charge in [0.15, 0.2) is 17.8 Å².